The van der Waals surface area contributed by atoms with Crippen LogP contribution < -0.4 is 0 Å². The molecule has 12 nitrogen and oxygen atoms in total. The number of rotatable bonds is 49. The van der Waals surface area contributed by atoms with Gasteiger partial charge in [0.05, 0.1) is 6.61 Å². The highest BCUT2D eigenvalue weighted by Gasteiger charge is 2.50. The van der Waals surface area contributed by atoms with Crippen LogP contribution in [0.4, 0.5) is 0 Å². The van der Waals surface area contributed by atoms with E-state index in [4.69, 9.17) is 23.7 Å². The van der Waals surface area contributed by atoms with Crippen LogP contribution in [0.5, 0.6) is 0 Å². The molecule has 0 amide bonds. The van der Waals surface area contributed by atoms with Gasteiger partial charge in [0, 0.05) is 19.3 Å². The summed E-state index contributed by atoms with van der Waals surface area (Å²) in [6.07, 6.45) is 52.9. The highest BCUT2D eigenvalue weighted by molar-refractivity contribution is 5.74. The van der Waals surface area contributed by atoms with Gasteiger partial charge in [0.1, 0.15) is 18.8 Å². The molecule has 0 aromatic heterocycles. The molecule has 1 rings (SSSR count). The molecule has 0 radical (unpaired) electrons. The van der Waals surface area contributed by atoms with Crippen LogP contribution in [0.2, 0.25) is 0 Å². The maximum absolute atomic E-state index is 13.1. The number of carbonyl (C=O) groups excluding carboxylic acids is 3. The number of carboxylic acid groups (broad SMARTS) is 1. The lowest BCUT2D eigenvalue weighted by Gasteiger charge is -2.40. The molecule has 0 spiro atoms. The van der Waals surface area contributed by atoms with Gasteiger partial charge in [-0.15, -0.1) is 0 Å². The third-order valence-electron chi connectivity index (χ3n) is 13.0. The lowest BCUT2D eigenvalue weighted by Crippen LogP contribution is -2.61. The third kappa shape index (κ3) is 40.8. The van der Waals surface area contributed by atoms with E-state index in [0.29, 0.717) is 19.3 Å². The molecule has 1 fully saturated rings. The Labute approximate surface area is 454 Å². The minimum atomic E-state index is -1.91. The fourth-order valence-electron chi connectivity index (χ4n) is 8.43. The van der Waals surface area contributed by atoms with Gasteiger partial charge in [-0.1, -0.05) is 228 Å². The zero-order chi connectivity index (χ0) is 54.7. The molecule has 6 atom stereocenters. The first kappa shape index (κ1) is 68.9. The molecule has 0 aromatic rings. The van der Waals surface area contributed by atoms with Crippen molar-refractivity contribution < 1.29 is 58.2 Å². The van der Waals surface area contributed by atoms with Crippen LogP contribution in [0.1, 0.15) is 239 Å². The first-order valence-corrected chi connectivity index (χ1v) is 29.6. The Morgan fingerprint density at radius 2 is 0.880 bits per heavy atom. The summed E-state index contributed by atoms with van der Waals surface area (Å²) in [6.45, 7) is 5.77. The lowest BCUT2D eigenvalue weighted by molar-refractivity contribution is -0.301. The van der Waals surface area contributed by atoms with Gasteiger partial charge in [-0.25, -0.2) is 4.79 Å². The average Bonchev–Trinajstić information content (AvgIpc) is 3.39. The first-order valence-electron chi connectivity index (χ1n) is 29.6. The van der Waals surface area contributed by atoms with Crippen LogP contribution in [0.15, 0.2) is 85.1 Å². The molecule has 12 heteroatoms. The first-order chi connectivity index (χ1) is 36.6. The predicted molar refractivity (Wildman–Crippen MR) is 303 cm³/mol. The van der Waals surface area contributed by atoms with Gasteiger partial charge in [-0.3, -0.25) is 14.4 Å². The van der Waals surface area contributed by atoms with Crippen molar-refractivity contribution in [1.82, 2.24) is 0 Å². The van der Waals surface area contributed by atoms with Gasteiger partial charge >= 0.3 is 23.9 Å². The second kappa shape index (κ2) is 50.7. The molecular formula is C63H104O12. The molecule has 75 heavy (non-hydrogen) atoms. The number of esters is 3. The molecule has 6 unspecified atom stereocenters. The number of allylic oxidation sites excluding steroid dienone is 14. The molecule has 0 saturated carbocycles. The quantitative estimate of drug-likeness (QED) is 0.0228. The Bertz CT molecular complexity index is 1630. The van der Waals surface area contributed by atoms with Gasteiger partial charge in [0.15, 0.2) is 24.6 Å². The van der Waals surface area contributed by atoms with Gasteiger partial charge in [0.25, 0.3) is 0 Å². The number of hydrogen-bond acceptors (Lipinski definition) is 11. The maximum atomic E-state index is 13.1. The Morgan fingerprint density at radius 3 is 1.37 bits per heavy atom. The molecule has 0 aromatic carbocycles. The van der Waals surface area contributed by atoms with Crippen molar-refractivity contribution in [1.29, 1.82) is 0 Å². The van der Waals surface area contributed by atoms with Crippen molar-refractivity contribution in [3.8, 4) is 0 Å². The molecule has 1 aliphatic heterocycles. The lowest BCUT2D eigenvalue weighted by atomic mass is 9.98. The zero-order valence-corrected chi connectivity index (χ0v) is 47.0. The van der Waals surface area contributed by atoms with Crippen molar-refractivity contribution in [2.24, 2.45) is 0 Å². The molecule has 0 aliphatic carbocycles. The number of aliphatic hydroxyl groups excluding tert-OH is 2. The Balaban J connectivity index is 2.73. The standard InChI is InChI=1S/C63H104O12/c1-4-7-10-13-16-19-22-24-26-27-28-29-31-32-35-37-40-43-46-49-55(64)71-52-54(73-56(65)50-47-44-41-39-36-33-30-25-23-20-17-14-11-8-5-2)53-72-63-61(59(68)58(67)60(75-63)62(69)70)74-57(66)51-48-45-42-38-34-21-18-15-12-9-6-3/h7,10,15-16,18-19,24,26,28-29,32,35,40,43,54,58-61,63,67-68H,4-6,8-9,11-14,17,20-23,25,27,30-31,33-34,36-39,41-42,44-53H2,1-3H3,(H,69,70)/b10-7-,18-15-,19-16-,26-24-,29-28-,35-32-,43-40-. The Morgan fingerprint density at radius 1 is 0.453 bits per heavy atom. The van der Waals surface area contributed by atoms with E-state index in [1.165, 1.54) is 83.5 Å². The van der Waals surface area contributed by atoms with E-state index in [-0.39, 0.29) is 25.9 Å². The van der Waals surface area contributed by atoms with E-state index in [9.17, 15) is 34.5 Å². The van der Waals surface area contributed by atoms with Gasteiger partial charge in [-0.2, -0.15) is 0 Å². The van der Waals surface area contributed by atoms with Crippen molar-refractivity contribution in [3.63, 3.8) is 0 Å². The number of aliphatic carboxylic acids is 1. The van der Waals surface area contributed by atoms with E-state index in [2.05, 4.69) is 93.7 Å². The average molecular weight is 1050 g/mol. The summed E-state index contributed by atoms with van der Waals surface area (Å²) in [5.41, 5.74) is 0. The largest absolute Gasteiger partial charge is 0.479 e. The predicted octanol–water partition coefficient (Wildman–Crippen LogP) is 15.1. The van der Waals surface area contributed by atoms with Gasteiger partial charge in [-0.05, 0) is 77.0 Å². The molecule has 1 saturated heterocycles. The van der Waals surface area contributed by atoms with Crippen molar-refractivity contribution in [2.75, 3.05) is 13.2 Å². The second-order valence-electron chi connectivity index (χ2n) is 19.9. The summed E-state index contributed by atoms with van der Waals surface area (Å²) in [5, 5.41) is 31.4. The Kier molecular flexibility index (Phi) is 46.6. The van der Waals surface area contributed by atoms with Crippen LogP contribution in [0, 0.1) is 0 Å². The minimum Gasteiger partial charge on any atom is -0.479 e. The van der Waals surface area contributed by atoms with E-state index in [1.54, 1.807) is 0 Å². The van der Waals surface area contributed by atoms with Crippen LogP contribution in [0.3, 0.4) is 0 Å². The number of aliphatic hydroxyl groups is 2. The normalized spacial score (nSPS) is 18.8. The maximum Gasteiger partial charge on any atom is 0.335 e. The van der Waals surface area contributed by atoms with Gasteiger partial charge in [0.2, 0.25) is 0 Å². The summed E-state index contributed by atoms with van der Waals surface area (Å²) in [6, 6.07) is 0. The van der Waals surface area contributed by atoms with E-state index < -0.39 is 67.3 Å². The topological polar surface area (TPSA) is 175 Å². The summed E-state index contributed by atoms with van der Waals surface area (Å²) in [5.74, 6) is -3.24. The molecule has 1 aliphatic rings. The molecular weight excluding hydrogens is 949 g/mol. The van der Waals surface area contributed by atoms with E-state index in [0.717, 1.165) is 96.3 Å². The Hall–Kier alpha value is -4.10. The van der Waals surface area contributed by atoms with Crippen molar-refractivity contribution in [3.05, 3.63) is 85.1 Å². The fourth-order valence-corrected chi connectivity index (χ4v) is 8.43. The third-order valence-corrected chi connectivity index (χ3v) is 13.0. The second-order valence-corrected chi connectivity index (χ2v) is 19.9. The number of carboxylic acids is 1. The SMILES string of the molecule is CC/C=C\C/C=C\C/C=C\C/C=C\C/C=C\C/C=C\CCC(=O)OCC(COC1OC(C(=O)O)C(O)C(O)C1OC(=O)CCCCCCC/C=C\CCCC)OC(=O)CCCCCCCCCCCCCCCCC. The van der Waals surface area contributed by atoms with E-state index >= 15 is 0 Å². The van der Waals surface area contributed by atoms with Crippen LogP contribution in [-0.4, -0.2) is 89.2 Å². The van der Waals surface area contributed by atoms with Crippen LogP contribution in [-0.2, 0) is 42.9 Å². The molecule has 3 N–H and O–H groups in total. The summed E-state index contributed by atoms with van der Waals surface area (Å²) in [4.78, 5) is 51.0. The summed E-state index contributed by atoms with van der Waals surface area (Å²) in [7, 11) is 0. The number of ether oxygens (including phenoxy) is 5. The monoisotopic (exact) mass is 1050 g/mol. The zero-order valence-electron chi connectivity index (χ0n) is 47.0. The van der Waals surface area contributed by atoms with Gasteiger partial charge < -0.3 is 39.0 Å². The highest BCUT2D eigenvalue weighted by Crippen LogP contribution is 2.26. The highest BCUT2D eigenvalue weighted by atomic mass is 16.7. The molecule has 0 bridgehead atoms. The van der Waals surface area contributed by atoms with E-state index in [1.807, 2.05) is 12.2 Å². The summed E-state index contributed by atoms with van der Waals surface area (Å²) >= 11 is 0. The summed E-state index contributed by atoms with van der Waals surface area (Å²) < 4.78 is 28.3. The number of hydrogen-bond donors (Lipinski definition) is 3. The minimum absolute atomic E-state index is 0.0411. The van der Waals surface area contributed by atoms with Crippen molar-refractivity contribution in [2.45, 2.75) is 276 Å². The van der Waals surface area contributed by atoms with Crippen LogP contribution >= 0.6 is 0 Å². The number of carbonyl (C=O) groups is 4. The van der Waals surface area contributed by atoms with Crippen LogP contribution in [0.25, 0.3) is 0 Å². The fraction of sp³-hybridized carbons (Fsp3) is 0.714. The smallest absolute Gasteiger partial charge is 0.335 e. The molecule has 1 heterocycles. The van der Waals surface area contributed by atoms with Crippen molar-refractivity contribution >= 4 is 23.9 Å². The number of unbranched alkanes of at least 4 members (excludes halogenated alkanes) is 21. The molecule has 428 valence electrons.